The van der Waals surface area contributed by atoms with E-state index in [0.717, 1.165) is 21.9 Å². The van der Waals surface area contributed by atoms with Gasteiger partial charge in [0.1, 0.15) is 10.7 Å². The molecule has 0 aliphatic heterocycles. The van der Waals surface area contributed by atoms with Crippen molar-refractivity contribution in [1.29, 1.82) is 0 Å². The largest absolute Gasteiger partial charge is 0.438 e. The standard InChI is InChI=1S/C35H19ClN2O/c36-32-31-25-12-4-8-16-30(25)39-34(31)38-33(37-32)20-17-18-24-23-11-3-7-15-28(23)35(29(24)19-20)26-13-5-1-9-21(26)22-10-2-6-14-27(22)35/h1-19H. The van der Waals surface area contributed by atoms with E-state index < -0.39 is 5.41 Å². The van der Waals surface area contributed by atoms with Crippen molar-refractivity contribution in [2.45, 2.75) is 5.41 Å². The number of fused-ring (bicyclic) bond motifs is 13. The third kappa shape index (κ3) is 2.58. The molecule has 0 atom stereocenters. The van der Waals surface area contributed by atoms with Gasteiger partial charge in [0, 0.05) is 10.9 Å². The van der Waals surface area contributed by atoms with Gasteiger partial charge in [-0.1, -0.05) is 115 Å². The van der Waals surface area contributed by atoms with Gasteiger partial charge in [0.25, 0.3) is 0 Å². The summed E-state index contributed by atoms with van der Waals surface area (Å²) in [5.74, 6) is 0.556. The van der Waals surface area contributed by atoms with Crippen molar-refractivity contribution in [2.75, 3.05) is 0 Å². The average molecular weight is 519 g/mol. The molecule has 1 spiro atoms. The lowest BCUT2D eigenvalue weighted by Gasteiger charge is -2.30. The molecule has 0 radical (unpaired) electrons. The number of nitrogens with zero attached hydrogens (tertiary/aromatic N) is 2. The van der Waals surface area contributed by atoms with E-state index in [9.17, 15) is 0 Å². The Morgan fingerprint density at radius 3 is 1.79 bits per heavy atom. The SMILES string of the molecule is Clc1nc(-c2ccc3c(c2)C2(c4ccccc4-c4ccccc42)c2ccccc2-3)nc2oc3ccccc3c12. The van der Waals surface area contributed by atoms with E-state index in [1.54, 1.807) is 0 Å². The number of aromatic nitrogens is 2. The molecule has 0 amide bonds. The number of halogens is 1. The molecule has 0 bridgehead atoms. The Balaban J connectivity index is 1.35. The van der Waals surface area contributed by atoms with Crippen LogP contribution in [0.25, 0.3) is 55.7 Å². The van der Waals surface area contributed by atoms with Crippen molar-refractivity contribution < 1.29 is 4.42 Å². The summed E-state index contributed by atoms with van der Waals surface area (Å²) < 4.78 is 6.09. The molecule has 7 aromatic rings. The second-order valence-corrected chi connectivity index (χ2v) is 10.6. The van der Waals surface area contributed by atoms with E-state index in [-0.39, 0.29) is 0 Å². The molecule has 0 unspecified atom stereocenters. The summed E-state index contributed by atoms with van der Waals surface area (Å²) in [6.07, 6.45) is 0. The van der Waals surface area contributed by atoms with Crippen molar-refractivity contribution in [3.63, 3.8) is 0 Å². The van der Waals surface area contributed by atoms with Crippen LogP contribution in [0.2, 0.25) is 5.15 Å². The lowest BCUT2D eigenvalue weighted by Crippen LogP contribution is -2.25. The zero-order chi connectivity index (χ0) is 25.7. The highest BCUT2D eigenvalue weighted by Crippen LogP contribution is 2.62. The summed E-state index contributed by atoms with van der Waals surface area (Å²) in [6.45, 7) is 0. The van der Waals surface area contributed by atoms with Gasteiger partial charge in [-0.2, -0.15) is 4.98 Å². The average Bonchev–Trinajstić information content (AvgIpc) is 3.61. The van der Waals surface area contributed by atoms with Crippen molar-refractivity contribution >= 4 is 33.7 Å². The Hall–Kier alpha value is -4.73. The van der Waals surface area contributed by atoms with E-state index in [1.165, 1.54) is 44.5 Å². The summed E-state index contributed by atoms with van der Waals surface area (Å²) in [6, 6.07) is 40.8. The van der Waals surface area contributed by atoms with Crippen LogP contribution in [0.4, 0.5) is 0 Å². The van der Waals surface area contributed by atoms with Crippen LogP contribution < -0.4 is 0 Å². The molecular weight excluding hydrogens is 500 g/mol. The third-order valence-electron chi connectivity index (χ3n) is 8.45. The van der Waals surface area contributed by atoms with Crippen LogP contribution in [-0.4, -0.2) is 9.97 Å². The van der Waals surface area contributed by atoms with E-state index in [4.69, 9.17) is 26.0 Å². The molecule has 2 aliphatic carbocycles. The first-order chi connectivity index (χ1) is 19.2. The van der Waals surface area contributed by atoms with Crippen LogP contribution in [0.15, 0.2) is 120 Å². The van der Waals surface area contributed by atoms with Gasteiger partial charge in [0.2, 0.25) is 5.71 Å². The number of benzene rings is 5. The normalized spacial score (nSPS) is 14.0. The van der Waals surface area contributed by atoms with Gasteiger partial charge in [-0.05, 0) is 56.6 Å². The second-order valence-electron chi connectivity index (χ2n) is 10.3. The molecule has 0 fully saturated rings. The summed E-state index contributed by atoms with van der Waals surface area (Å²) in [5, 5.41) is 2.07. The van der Waals surface area contributed by atoms with Crippen LogP contribution in [0.5, 0.6) is 0 Å². The fourth-order valence-corrected chi connectivity index (χ4v) is 7.21. The van der Waals surface area contributed by atoms with Crippen LogP contribution in [0.3, 0.4) is 0 Å². The number of para-hydroxylation sites is 1. The maximum Gasteiger partial charge on any atom is 0.232 e. The molecule has 0 saturated carbocycles. The van der Waals surface area contributed by atoms with Gasteiger partial charge in [0.15, 0.2) is 5.82 Å². The molecule has 9 rings (SSSR count). The maximum atomic E-state index is 6.77. The molecule has 2 heterocycles. The molecule has 4 heteroatoms. The van der Waals surface area contributed by atoms with Crippen molar-refractivity contribution in [3.8, 4) is 33.6 Å². The quantitative estimate of drug-likeness (QED) is 0.203. The van der Waals surface area contributed by atoms with Crippen molar-refractivity contribution in [1.82, 2.24) is 9.97 Å². The molecule has 39 heavy (non-hydrogen) atoms. The minimum absolute atomic E-state index is 0.398. The van der Waals surface area contributed by atoms with Gasteiger partial charge in [-0.3, -0.25) is 0 Å². The Bertz CT molecular complexity index is 2100. The number of hydrogen-bond acceptors (Lipinski definition) is 3. The van der Waals surface area contributed by atoms with E-state index in [1.807, 2.05) is 24.3 Å². The number of rotatable bonds is 1. The van der Waals surface area contributed by atoms with Crippen LogP contribution >= 0.6 is 11.6 Å². The molecule has 182 valence electrons. The van der Waals surface area contributed by atoms with Crippen LogP contribution in [-0.2, 0) is 5.41 Å². The van der Waals surface area contributed by atoms with Crippen molar-refractivity contribution in [2.24, 2.45) is 0 Å². The maximum absolute atomic E-state index is 6.77. The van der Waals surface area contributed by atoms with Crippen LogP contribution in [0, 0.1) is 0 Å². The lowest BCUT2D eigenvalue weighted by atomic mass is 9.70. The molecule has 3 nitrogen and oxygen atoms in total. The highest BCUT2D eigenvalue weighted by Gasteiger charge is 2.51. The predicted octanol–water partition coefficient (Wildman–Crippen LogP) is 9.04. The minimum Gasteiger partial charge on any atom is -0.438 e. The fraction of sp³-hybridized carbons (Fsp3) is 0.0286. The lowest BCUT2D eigenvalue weighted by molar-refractivity contribution is 0.653. The Labute approximate surface area is 229 Å². The summed E-state index contributed by atoms with van der Waals surface area (Å²) in [5.41, 5.74) is 12.0. The van der Waals surface area contributed by atoms with Gasteiger partial charge < -0.3 is 4.42 Å². The fourth-order valence-electron chi connectivity index (χ4n) is 6.94. The first-order valence-corrected chi connectivity index (χ1v) is 13.4. The molecule has 0 saturated heterocycles. The predicted molar refractivity (Wildman–Crippen MR) is 156 cm³/mol. The molecule has 2 aromatic heterocycles. The topological polar surface area (TPSA) is 38.9 Å². The number of hydrogen-bond donors (Lipinski definition) is 0. The van der Waals surface area contributed by atoms with E-state index >= 15 is 0 Å². The van der Waals surface area contributed by atoms with Gasteiger partial charge in [-0.25, -0.2) is 4.98 Å². The summed E-state index contributed by atoms with van der Waals surface area (Å²) in [4.78, 5) is 9.63. The smallest absolute Gasteiger partial charge is 0.232 e. The zero-order valence-corrected chi connectivity index (χ0v) is 21.4. The first kappa shape index (κ1) is 21.2. The van der Waals surface area contributed by atoms with Gasteiger partial charge in [0.05, 0.1) is 10.8 Å². The Kier molecular flexibility index (Phi) is 4.05. The Morgan fingerprint density at radius 2 is 1.13 bits per heavy atom. The highest BCUT2D eigenvalue weighted by molar-refractivity contribution is 6.36. The van der Waals surface area contributed by atoms with Gasteiger partial charge in [-0.15, -0.1) is 0 Å². The molecule has 5 aromatic carbocycles. The summed E-state index contributed by atoms with van der Waals surface area (Å²) in [7, 11) is 0. The second kappa shape index (κ2) is 7.43. The third-order valence-corrected chi connectivity index (χ3v) is 8.72. The summed E-state index contributed by atoms with van der Waals surface area (Å²) >= 11 is 6.77. The molecule has 2 aliphatic rings. The molecular formula is C35H19ClN2O. The monoisotopic (exact) mass is 518 g/mol. The van der Waals surface area contributed by atoms with Crippen LogP contribution in [0.1, 0.15) is 22.3 Å². The van der Waals surface area contributed by atoms with Gasteiger partial charge >= 0.3 is 0 Å². The van der Waals surface area contributed by atoms with E-state index in [0.29, 0.717) is 16.7 Å². The van der Waals surface area contributed by atoms with E-state index in [2.05, 4.69) is 91.0 Å². The first-order valence-electron chi connectivity index (χ1n) is 13.0. The number of furan rings is 1. The zero-order valence-electron chi connectivity index (χ0n) is 20.7. The highest BCUT2D eigenvalue weighted by atomic mass is 35.5. The Morgan fingerprint density at radius 1 is 0.564 bits per heavy atom. The molecule has 0 N–H and O–H groups in total. The van der Waals surface area contributed by atoms with Crippen molar-refractivity contribution in [3.05, 3.63) is 143 Å². The minimum atomic E-state index is -0.414.